The molecule has 0 aromatic heterocycles. The van der Waals surface area contributed by atoms with Crippen LogP contribution in [-0.4, -0.2) is 18.5 Å². The summed E-state index contributed by atoms with van der Waals surface area (Å²) in [4.78, 5) is 2.28. The molecule has 13 heavy (non-hydrogen) atoms. The fourth-order valence-electron chi connectivity index (χ4n) is 1.40. The number of nitrogens with zero attached hydrogens (tertiary/aromatic N) is 1. The largest absolute Gasteiger partial charge is 0.378 e. The van der Waals surface area contributed by atoms with E-state index in [-0.39, 0.29) is 0 Å². The lowest BCUT2D eigenvalue weighted by Gasteiger charge is -2.21. The summed E-state index contributed by atoms with van der Waals surface area (Å²) in [6.45, 7) is 12.0. The average Bonchev–Trinajstić information content (AvgIpc) is 2.04. The highest BCUT2D eigenvalue weighted by Crippen LogP contribution is 2.12. The molecule has 0 amide bonds. The Bertz CT molecular complexity index is 138. The van der Waals surface area contributed by atoms with Crippen LogP contribution in [-0.2, 0) is 0 Å². The monoisotopic (exact) mass is 183 g/mol. The van der Waals surface area contributed by atoms with Crippen LogP contribution in [0, 0.1) is 5.92 Å². The Balaban J connectivity index is 3.50. The van der Waals surface area contributed by atoms with Crippen LogP contribution in [0.3, 0.4) is 0 Å². The minimum atomic E-state index is 0.823. The van der Waals surface area contributed by atoms with Gasteiger partial charge in [0, 0.05) is 19.3 Å². The number of hydrogen-bond acceptors (Lipinski definition) is 1. The summed E-state index contributed by atoms with van der Waals surface area (Å²) in [6.07, 6.45) is 4.97. The summed E-state index contributed by atoms with van der Waals surface area (Å²) in [7, 11) is 2.14. The molecule has 1 nitrogen and oxygen atoms in total. The highest BCUT2D eigenvalue weighted by Gasteiger charge is 2.01. The normalized spacial score (nSPS) is 10.5. The van der Waals surface area contributed by atoms with Crippen molar-refractivity contribution >= 4 is 0 Å². The Labute approximate surface area is 83.8 Å². The molecule has 0 rings (SSSR count). The maximum absolute atomic E-state index is 4.10. The first-order valence-electron chi connectivity index (χ1n) is 5.46. The Kier molecular flexibility index (Phi) is 6.75. The van der Waals surface area contributed by atoms with E-state index >= 15 is 0 Å². The average molecular weight is 183 g/mol. The minimum absolute atomic E-state index is 0.823. The maximum atomic E-state index is 4.10. The van der Waals surface area contributed by atoms with E-state index in [0.717, 1.165) is 18.9 Å². The van der Waals surface area contributed by atoms with E-state index in [4.69, 9.17) is 0 Å². The highest BCUT2D eigenvalue weighted by atomic mass is 15.1. The lowest BCUT2D eigenvalue weighted by molar-refractivity contribution is 0.393. The summed E-state index contributed by atoms with van der Waals surface area (Å²) < 4.78 is 0. The van der Waals surface area contributed by atoms with Gasteiger partial charge in [-0.2, -0.15) is 0 Å². The molecule has 0 radical (unpaired) electrons. The molecular formula is C12H25N. The van der Waals surface area contributed by atoms with E-state index in [1.807, 2.05) is 0 Å². The highest BCUT2D eigenvalue weighted by molar-refractivity contribution is 4.91. The van der Waals surface area contributed by atoms with Crippen LogP contribution in [0.2, 0.25) is 0 Å². The SMILES string of the molecule is C=C(CCCC(C)C)N(C)CCC. The summed E-state index contributed by atoms with van der Waals surface area (Å²) in [6, 6.07) is 0. The quantitative estimate of drug-likeness (QED) is 0.582. The standard InChI is InChI=1S/C12H25N/c1-6-10-13(5)12(4)9-7-8-11(2)3/h11H,4,6-10H2,1-3,5H3. The molecule has 0 aliphatic heterocycles. The molecule has 0 heterocycles. The molecule has 0 unspecified atom stereocenters. The van der Waals surface area contributed by atoms with Gasteiger partial charge >= 0.3 is 0 Å². The van der Waals surface area contributed by atoms with Crippen LogP contribution in [0.4, 0.5) is 0 Å². The first-order chi connectivity index (χ1) is 6.07. The third-order valence-electron chi connectivity index (χ3n) is 2.35. The van der Waals surface area contributed by atoms with Crippen LogP contribution in [0.5, 0.6) is 0 Å². The zero-order valence-corrected chi connectivity index (χ0v) is 9.77. The molecule has 0 aliphatic carbocycles. The van der Waals surface area contributed by atoms with Crippen molar-refractivity contribution in [2.75, 3.05) is 13.6 Å². The van der Waals surface area contributed by atoms with Crippen LogP contribution in [0.25, 0.3) is 0 Å². The van der Waals surface area contributed by atoms with Gasteiger partial charge in [-0.15, -0.1) is 0 Å². The smallest absolute Gasteiger partial charge is 0.0168 e. The van der Waals surface area contributed by atoms with Crippen molar-refractivity contribution in [2.24, 2.45) is 5.92 Å². The minimum Gasteiger partial charge on any atom is -0.378 e. The Morgan fingerprint density at radius 2 is 2.00 bits per heavy atom. The van der Waals surface area contributed by atoms with Gasteiger partial charge in [0.15, 0.2) is 0 Å². The molecule has 0 N–H and O–H groups in total. The summed E-state index contributed by atoms with van der Waals surface area (Å²) in [5.74, 6) is 0.823. The maximum Gasteiger partial charge on any atom is 0.0168 e. The first kappa shape index (κ1) is 12.5. The summed E-state index contributed by atoms with van der Waals surface area (Å²) in [5.41, 5.74) is 1.29. The lowest BCUT2D eigenvalue weighted by Crippen LogP contribution is -2.17. The molecular weight excluding hydrogens is 158 g/mol. The number of allylic oxidation sites excluding steroid dienone is 1. The molecule has 0 atom stereocenters. The Morgan fingerprint density at radius 3 is 2.46 bits per heavy atom. The molecule has 0 aromatic rings. The van der Waals surface area contributed by atoms with Crippen molar-refractivity contribution in [3.63, 3.8) is 0 Å². The van der Waals surface area contributed by atoms with Crippen LogP contribution >= 0.6 is 0 Å². The second kappa shape index (κ2) is 6.99. The van der Waals surface area contributed by atoms with Gasteiger partial charge in [-0.3, -0.25) is 0 Å². The van der Waals surface area contributed by atoms with Gasteiger partial charge in [0.1, 0.15) is 0 Å². The Hall–Kier alpha value is -0.460. The second-order valence-corrected chi connectivity index (χ2v) is 4.27. The zero-order valence-electron chi connectivity index (χ0n) is 9.77. The molecule has 1 heteroatoms. The lowest BCUT2D eigenvalue weighted by atomic mass is 10.1. The van der Waals surface area contributed by atoms with Gasteiger partial charge in [-0.05, 0) is 25.2 Å². The zero-order chi connectivity index (χ0) is 10.3. The van der Waals surface area contributed by atoms with E-state index in [0.29, 0.717) is 0 Å². The fourth-order valence-corrected chi connectivity index (χ4v) is 1.40. The van der Waals surface area contributed by atoms with Gasteiger partial charge in [-0.1, -0.05) is 33.8 Å². The van der Waals surface area contributed by atoms with Crippen molar-refractivity contribution in [3.05, 3.63) is 12.3 Å². The topological polar surface area (TPSA) is 3.24 Å². The van der Waals surface area contributed by atoms with Crippen molar-refractivity contribution in [2.45, 2.75) is 46.5 Å². The van der Waals surface area contributed by atoms with E-state index < -0.39 is 0 Å². The molecule has 0 bridgehead atoms. The van der Waals surface area contributed by atoms with Crippen molar-refractivity contribution in [1.82, 2.24) is 4.90 Å². The molecule has 0 aromatic carbocycles. The van der Waals surface area contributed by atoms with Gasteiger partial charge in [0.2, 0.25) is 0 Å². The number of hydrogen-bond donors (Lipinski definition) is 0. The van der Waals surface area contributed by atoms with Crippen molar-refractivity contribution in [1.29, 1.82) is 0 Å². The summed E-state index contributed by atoms with van der Waals surface area (Å²) in [5, 5.41) is 0. The predicted molar refractivity (Wildman–Crippen MR) is 60.8 cm³/mol. The first-order valence-corrected chi connectivity index (χ1v) is 5.46. The van der Waals surface area contributed by atoms with Crippen molar-refractivity contribution in [3.8, 4) is 0 Å². The van der Waals surface area contributed by atoms with Crippen molar-refractivity contribution < 1.29 is 0 Å². The molecule has 0 saturated carbocycles. The van der Waals surface area contributed by atoms with Crippen LogP contribution in [0.1, 0.15) is 46.5 Å². The van der Waals surface area contributed by atoms with Gasteiger partial charge < -0.3 is 4.90 Å². The molecule has 0 saturated heterocycles. The second-order valence-electron chi connectivity index (χ2n) is 4.27. The van der Waals surface area contributed by atoms with Crippen LogP contribution < -0.4 is 0 Å². The third-order valence-corrected chi connectivity index (χ3v) is 2.35. The molecule has 0 aliphatic rings. The fraction of sp³-hybridized carbons (Fsp3) is 0.833. The van der Waals surface area contributed by atoms with E-state index in [1.165, 1.54) is 25.0 Å². The molecule has 0 fully saturated rings. The van der Waals surface area contributed by atoms with Crippen LogP contribution in [0.15, 0.2) is 12.3 Å². The van der Waals surface area contributed by atoms with Gasteiger partial charge in [-0.25, -0.2) is 0 Å². The summed E-state index contributed by atoms with van der Waals surface area (Å²) >= 11 is 0. The van der Waals surface area contributed by atoms with Gasteiger partial charge in [0.05, 0.1) is 0 Å². The molecule has 78 valence electrons. The van der Waals surface area contributed by atoms with E-state index in [9.17, 15) is 0 Å². The predicted octanol–water partition coefficient (Wildman–Crippen LogP) is 3.67. The molecule has 0 spiro atoms. The van der Waals surface area contributed by atoms with E-state index in [2.05, 4.69) is 39.3 Å². The third kappa shape index (κ3) is 6.68. The number of rotatable bonds is 7. The Morgan fingerprint density at radius 1 is 1.38 bits per heavy atom. The van der Waals surface area contributed by atoms with Gasteiger partial charge in [0.25, 0.3) is 0 Å². The van der Waals surface area contributed by atoms with E-state index in [1.54, 1.807) is 0 Å².